The molecule has 8 nitrogen and oxygen atoms in total. The van der Waals surface area contributed by atoms with Gasteiger partial charge in [-0.25, -0.2) is 9.97 Å². The first kappa shape index (κ1) is 8.23. The zero-order valence-electron chi connectivity index (χ0n) is 7.10. The molecule has 2 rings (SSSR count). The fourth-order valence-electron chi connectivity index (χ4n) is 1.01. The summed E-state index contributed by atoms with van der Waals surface area (Å²) in [5, 5.41) is 0. The normalized spacial score (nSPS) is 10.6. The van der Waals surface area contributed by atoms with Crippen LogP contribution in [0, 0.1) is 0 Å². The Labute approximate surface area is 78.4 Å². The molecule has 8 heteroatoms. The standard InChI is InChI=1S/C6H8N8/c7-2-1-5(14-6(10)13-2)12-4(9)3(8)11-1/h(H2,8,11)(H6,7,9,10,12,13,14). The van der Waals surface area contributed by atoms with E-state index in [1.165, 1.54) is 0 Å². The highest BCUT2D eigenvalue weighted by atomic mass is 15.1. The van der Waals surface area contributed by atoms with Gasteiger partial charge in [-0.3, -0.25) is 0 Å². The Bertz CT molecular complexity index is 507. The van der Waals surface area contributed by atoms with Gasteiger partial charge in [-0.2, -0.15) is 9.97 Å². The van der Waals surface area contributed by atoms with E-state index in [4.69, 9.17) is 22.9 Å². The zero-order valence-corrected chi connectivity index (χ0v) is 7.10. The maximum Gasteiger partial charge on any atom is 0.224 e. The van der Waals surface area contributed by atoms with Gasteiger partial charge in [0.15, 0.2) is 28.6 Å². The molecule has 0 fully saturated rings. The molecule has 0 spiro atoms. The lowest BCUT2D eigenvalue weighted by Crippen LogP contribution is -2.07. The van der Waals surface area contributed by atoms with Gasteiger partial charge in [0.05, 0.1) is 0 Å². The van der Waals surface area contributed by atoms with Crippen molar-refractivity contribution in [1.29, 1.82) is 0 Å². The number of nitrogens with zero attached hydrogens (tertiary/aromatic N) is 4. The smallest absolute Gasteiger partial charge is 0.224 e. The van der Waals surface area contributed by atoms with E-state index in [2.05, 4.69) is 19.9 Å². The highest BCUT2D eigenvalue weighted by molar-refractivity contribution is 5.84. The molecule has 0 amide bonds. The fraction of sp³-hybridized carbons (Fsp3) is 0. The van der Waals surface area contributed by atoms with Crippen LogP contribution in [0.5, 0.6) is 0 Å². The Morgan fingerprint density at radius 2 is 1.29 bits per heavy atom. The van der Waals surface area contributed by atoms with Crippen LogP contribution in [0.15, 0.2) is 0 Å². The van der Waals surface area contributed by atoms with E-state index in [-0.39, 0.29) is 29.0 Å². The molecule has 0 aliphatic carbocycles. The van der Waals surface area contributed by atoms with Gasteiger partial charge in [0, 0.05) is 0 Å². The Morgan fingerprint density at radius 3 is 2.00 bits per heavy atom. The lowest BCUT2D eigenvalue weighted by Gasteiger charge is -2.03. The molecular weight excluding hydrogens is 184 g/mol. The van der Waals surface area contributed by atoms with Gasteiger partial charge in [0.25, 0.3) is 0 Å². The highest BCUT2D eigenvalue weighted by Crippen LogP contribution is 2.18. The second-order valence-corrected chi connectivity index (χ2v) is 2.63. The molecular formula is C6H8N8. The van der Waals surface area contributed by atoms with Crippen molar-refractivity contribution >= 4 is 34.6 Å². The average molecular weight is 192 g/mol. The van der Waals surface area contributed by atoms with Gasteiger partial charge in [-0.1, -0.05) is 0 Å². The molecule has 0 saturated carbocycles. The van der Waals surface area contributed by atoms with E-state index >= 15 is 0 Å². The van der Waals surface area contributed by atoms with E-state index < -0.39 is 0 Å². The first-order valence-corrected chi connectivity index (χ1v) is 3.69. The molecule has 14 heavy (non-hydrogen) atoms. The summed E-state index contributed by atoms with van der Waals surface area (Å²) in [6, 6.07) is 0. The molecule has 0 unspecified atom stereocenters. The summed E-state index contributed by atoms with van der Waals surface area (Å²) in [6.07, 6.45) is 0. The van der Waals surface area contributed by atoms with Crippen LogP contribution in [-0.2, 0) is 0 Å². The lowest BCUT2D eigenvalue weighted by molar-refractivity contribution is 1.17. The summed E-state index contributed by atoms with van der Waals surface area (Å²) < 4.78 is 0. The van der Waals surface area contributed by atoms with E-state index in [1.54, 1.807) is 0 Å². The third kappa shape index (κ3) is 1.09. The quantitative estimate of drug-likeness (QED) is 0.403. The molecule has 2 heterocycles. The van der Waals surface area contributed by atoms with Crippen LogP contribution >= 0.6 is 0 Å². The van der Waals surface area contributed by atoms with E-state index in [0.29, 0.717) is 5.52 Å². The molecule has 72 valence electrons. The van der Waals surface area contributed by atoms with Crippen molar-refractivity contribution in [3.63, 3.8) is 0 Å². The Kier molecular flexibility index (Phi) is 1.50. The summed E-state index contributed by atoms with van der Waals surface area (Å²) in [5.41, 5.74) is 22.3. The van der Waals surface area contributed by atoms with Gasteiger partial charge in [-0.15, -0.1) is 0 Å². The van der Waals surface area contributed by atoms with Gasteiger partial charge in [0.1, 0.15) is 0 Å². The summed E-state index contributed by atoms with van der Waals surface area (Å²) in [4.78, 5) is 15.3. The third-order valence-corrected chi connectivity index (χ3v) is 1.63. The number of hydrogen-bond donors (Lipinski definition) is 4. The average Bonchev–Trinajstić information content (AvgIpc) is 2.08. The molecule has 2 aromatic heterocycles. The van der Waals surface area contributed by atoms with Crippen molar-refractivity contribution in [2.45, 2.75) is 0 Å². The number of nitrogen functional groups attached to an aromatic ring is 4. The summed E-state index contributed by atoms with van der Waals surface area (Å²) in [5.74, 6) is 0.341. The minimum atomic E-state index is 0.0217. The Balaban J connectivity index is 2.89. The lowest BCUT2D eigenvalue weighted by atomic mass is 10.4. The van der Waals surface area contributed by atoms with Crippen LogP contribution in [0.2, 0.25) is 0 Å². The Morgan fingerprint density at radius 1 is 0.643 bits per heavy atom. The molecule has 8 N–H and O–H groups in total. The first-order valence-electron chi connectivity index (χ1n) is 3.69. The first-order chi connectivity index (χ1) is 6.58. The SMILES string of the molecule is Nc1nc(N)c2nc(N)c(N)nc2n1. The molecule has 0 aliphatic heterocycles. The van der Waals surface area contributed by atoms with Crippen molar-refractivity contribution in [2.75, 3.05) is 22.9 Å². The number of rotatable bonds is 0. The Hall–Kier alpha value is -2.38. The predicted molar refractivity (Wildman–Crippen MR) is 52.8 cm³/mol. The molecule has 0 saturated heterocycles. The van der Waals surface area contributed by atoms with Crippen LogP contribution in [0.25, 0.3) is 11.2 Å². The van der Waals surface area contributed by atoms with Crippen molar-refractivity contribution in [1.82, 2.24) is 19.9 Å². The highest BCUT2D eigenvalue weighted by Gasteiger charge is 2.08. The molecule has 0 aliphatic rings. The van der Waals surface area contributed by atoms with Crippen molar-refractivity contribution in [3.05, 3.63) is 0 Å². The van der Waals surface area contributed by atoms with Crippen LogP contribution in [0.4, 0.5) is 23.4 Å². The number of aromatic nitrogens is 4. The third-order valence-electron chi connectivity index (χ3n) is 1.63. The van der Waals surface area contributed by atoms with E-state index in [0.717, 1.165) is 0 Å². The van der Waals surface area contributed by atoms with Crippen LogP contribution in [0.3, 0.4) is 0 Å². The molecule has 0 atom stereocenters. The van der Waals surface area contributed by atoms with Crippen LogP contribution < -0.4 is 22.9 Å². The summed E-state index contributed by atoms with van der Waals surface area (Å²) >= 11 is 0. The zero-order chi connectivity index (χ0) is 10.3. The van der Waals surface area contributed by atoms with Crippen LogP contribution in [0.1, 0.15) is 0 Å². The fourth-order valence-corrected chi connectivity index (χ4v) is 1.01. The summed E-state index contributed by atoms with van der Waals surface area (Å²) in [7, 11) is 0. The topological polar surface area (TPSA) is 156 Å². The maximum absolute atomic E-state index is 5.55. The van der Waals surface area contributed by atoms with Gasteiger partial charge in [0.2, 0.25) is 5.95 Å². The van der Waals surface area contributed by atoms with E-state index in [1.807, 2.05) is 0 Å². The number of hydrogen-bond acceptors (Lipinski definition) is 8. The number of fused-ring (bicyclic) bond motifs is 1. The van der Waals surface area contributed by atoms with Crippen molar-refractivity contribution in [3.8, 4) is 0 Å². The van der Waals surface area contributed by atoms with Gasteiger partial charge in [-0.05, 0) is 0 Å². The minimum Gasteiger partial charge on any atom is -0.382 e. The monoisotopic (exact) mass is 192 g/mol. The molecule has 0 radical (unpaired) electrons. The largest absolute Gasteiger partial charge is 0.382 e. The van der Waals surface area contributed by atoms with Crippen molar-refractivity contribution < 1.29 is 0 Å². The van der Waals surface area contributed by atoms with Crippen LogP contribution in [-0.4, -0.2) is 19.9 Å². The minimum absolute atomic E-state index is 0.0217. The summed E-state index contributed by atoms with van der Waals surface area (Å²) in [6.45, 7) is 0. The molecule has 0 bridgehead atoms. The molecule has 0 aromatic carbocycles. The van der Waals surface area contributed by atoms with Crippen molar-refractivity contribution in [2.24, 2.45) is 0 Å². The number of nitrogens with two attached hydrogens (primary N) is 4. The maximum atomic E-state index is 5.55. The molecule has 2 aromatic rings. The number of anilines is 4. The van der Waals surface area contributed by atoms with Gasteiger partial charge < -0.3 is 22.9 Å². The predicted octanol–water partition coefficient (Wildman–Crippen LogP) is -1.25. The van der Waals surface area contributed by atoms with E-state index in [9.17, 15) is 0 Å². The van der Waals surface area contributed by atoms with Gasteiger partial charge >= 0.3 is 0 Å². The second kappa shape index (κ2) is 2.55. The second-order valence-electron chi connectivity index (χ2n) is 2.63.